The first-order chi connectivity index (χ1) is 13.4. The first-order valence-corrected chi connectivity index (χ1v) is 10.6. The Morgan fingerprint density at radius 2 is 1.71 bits per heavy atom. The molecule has 8 heteroatoms. The fourth-order valence-corrected chi connectivity index (χ4v) is 4.56. The lowest BCUT2D eigenvalue weighted by atomic mass is 10.1. The van der Waals surface area contributed by atoms with Gasteiger partial charge >= 0.3 is 6.03 Å². The van der Waals surface area contributed by atoms with Crippen molar-refractivity contribution in [3.05, 3.63) is 59.7 Å². The van der Waals surface area contributed by atoms with Crippen LogP contribution in [0.3, 0.4) is 0 Å². The van der Waals surface area contributed by atoms with Gasteiger partial charge in [-0.05, 0) is 37.6 Å². The van der Waals surface area contributed by atoms with E-state index in [0.717, 1.165) is 16.9 Å². The lowest BCUT2D eigenvalue weighted by Gasteiger charge is -2.33. The topological polar surface area (TPSA) is 79.0 Å². The molecule has 0 aliphatic carbocycles. The number of nitrogens with zero attached hydrogens (tertiary/aromatic N) is 2. The summed E-state index contributed by atoms with van der Waals surface area (Å²) in [5.74, 6) is 0.727. The molecule has 1 aliphatic rings. The summed E-state index contributed by atoms with van der Waals surface area (Å²) in [5, 5.41) is 2.72. The molecule has 0 saturated carbocycles. The molecule has 1 aliphatic heterocycles. The van der Waals surface area contributed by atoms with Crippen LogP contribution in [0.4, 0.5) is 4.79 Å². The Morgan fingerprint density at radius 1 is 1.04 bits per heavy atom. The highest BCUT2D eigenvalue weighted by Crippen LogP contribution is 2.19. The number of carbonyl (C=O) groups is 1. The summed E-state index contributed by atoms with van der Waals surface area (Å²) in [6, 6.07) is 13.9. The number of urea groups is 1. The van der Waals surface area contributed by atoms with Crippen molar-refractivity contribution >= 4 is 16.1 Å². The molecule has 0 unspecified atom stereocenters. The number of hydrogen-bond acceptors (Lipinski definition) is 4. The molecule has 0 spiro atoms. The van der Waals surface area contributed by atoms with Gasteiger partial charge in [0, 0.05) is 26.2 Å². The zero-order valence-corrected chi connectivity index (χ0v) is 16.9. The van der Waals surface area contributed by atoms with Gasteiger partial charge < -0.3 is 15.0 Å². The predicted molar refractivity (Wildman–Crippen MR) is 107 cm³/mol. The Kier molecular flexibility index (Phi) is 6.21. The summed E-state index contributed by atoms with van der Waals surface area (Å²) in [6.07, 6.45) is 0. The Bertz CT molecular complexity index is 924. The van der Waals surface area contributed by atoms with Gasteiger partial charge in [0.25, 0.3) is 0 Å². The van der Waals surface area contributed by atoms with Crippen molar-refractivity contribution in [3.63, 3.8) is 0 Å². The molecule has 1 N–H and O–H groups in total. The third kappa shape index (κ3) is 4.63. The second kappa shape index (κ2) is 8.62. The van der Waals surface area contributed by atoms with Crippen LogP contribution in [0, 0.1) is 13.8 Å². The van der Waals surface area contributed by atoms with E-state index in [1.165, 1.54) is 4.31 Å². The highest BCUT2D eigenvalue weighted by Gasteiger charge is 2.29. The van der Waals surface area contributed by atoms with E-state index in [1.807, 2.05) is 32.0 Å². The molecule has 2 aromatic rings. The van der Waals surface area contributed by atoms with E-state index >= 15 is 0 Å². The Labute approximate surface area is 166 Å². The smallest absolute Gasteiger partial charge is 0.320 e. The number of carbonyl (C=O) groups excluding carboxylic acids is 1. The number of hydrogen-bond donors (Lipinski definition) is 1. The van der Waals surface area contributed by atoms with Crippen molar-refractivity contribution in [1.29, 1.82) is 0 Å². The van der Waals surface area contributed by atoms with E-state index in [-0.39, 0.29) is 30.7 Å². The molecule has 3 rings (SSSR count). The third-order valence-corrected chi connectivity index (χ3v) is 6.60. The molecule has 0 bridgehead atoms. The standard InChI is InChI=1S/C20H25N3O4S/c1-16-8-9-19(17(2)14-16)27-15-21-20(24)22-10-12-23(13-11-22)28(25,26)18-6-4-3-5-7-18/h3-9,14H,10-13,15H2,1-2H3,(H,21,24). The van der Waals surface area contributed by atoms with Gasteiger partial charge in [-0.1, -0.05) is 35.9 Å². The second-order valence-corrected chi connectivity index (χ2v) is 8.68. The normalized spacial score (nSPS) is 15.3. The molecule has 1 saturated heterocycles. The SMILES string of the molecule is Cc1ccc(OCNC(=O)N2CCN(S(=O)(=O)c3ccccc3)CC2)c(C)c1. The molecule has 2 aromatic carbocycles. The van der Waals surface area contributed by atoms with E-state index in [0.29, 0.717) is 13.1 Å². The molecule has 7 nitrogen and oxygen atoms in total. The minimum atomic E-state index is -3.52. The van der Waals surface area contributed by atoms with Gasteiger partial charge in [-0.25, -0.2) is 13.2 Å². The van der Waals surface area contributed by atoms with E-state index < -0.39 is 10.0 Å². The van der Waals surface area contributed by atoms with Crippen molar-refractivity contribution in [1.82, 2.24) is 14.5 Å². The van der Waals surface area contributed by atoms with Crippen LogP contribution in [0.25, 0.3) is 0 Å². The summed E-state index contributed by atoms with van der Waals surface area (Å²) in [6.45, 7) is 5.23. The summed E-state index contributed by atoms with van der Waals surface area (Å²) in [5.41, 5.74) is 2.16. The number of sulfonamides is 1. The zero-order chi connectivity index (χ0) is 20.1. The van der Waals surface area contributed by atoms with Crippen LogP contribution in [0.2, 0.25) is 0 Å². The lowest BCUT2D eigenvalue weighted by molar-refractivity contribution is 0.162. The van der Waals surface area contributed by atoms with E-state index in [2.05, 4.69) is 5.32 Å². The van der Waals surface area contributed by atoms with Crippen LogP contribution in [-0.2, 0) is 10.0 Å². The van der Waals surface area contributed by atoms with Crippen LogP contribution in [0.1, 0.15) is 11.1 Å². The Morgan fingerprint density at radius 3 is 2.36 bits per heavy atom. The van der Waals surface area contributed by atoms with Crippen LogP contribution >= 0.6 is 0 Å². The molecule has 0 atom stereocenters. The van der Waals surface area contributed by atoms with Crippen LogP contribution in [0.5, 0.6) is 5.75 Å². The van der Waals surface area contributed by atoms with Crippen molar-refractivity contribution < 1.29 is 17.9 Å². The van der Waals surface area contributed by atoms with Crippen LogP contribution < -0.4 is 10.1 Å². The third-order valence-electron chi connectivity index (χ3n) is 4.69. The molecular weight excluding hydrogens is 378 g/mol. The fourth-order valence-electron chi connectivity index (χ4n) is 3.12. The number of nitrogens with one attached hydrogen (secondary N) is 1. The fraction of sp³-hybridized carbons (Fsp3) is 0.350. The quantitative estimate of drug-likeness (QED) is 0.778. The van der Waals surface area contributed by atoms with E-state index in [4.69, 9.17) is 4.74 Å². The van der Waals surface area contributed by atoms with E-state index in [1.54, 1.807) is 35.2 Å². The zero-order valence-electron chi connectivity index (χ0n) is 16.1. The number of ether oxygens (including phenoxy) is 1. The van der Waals surface area contributed by atoms with Crippen molar-refractivity contribution in [2.24, 2.45) is 0 Å². The summed E-state index contributed by atoms with van der Waals surface area (Å²) >= 11 is 0. The second-order valence-electron chi connectivity index (χ2n) is 6.74. The maximum atomic E-state index is 12.6. The van der Waals surface area contributed by atoms with E-state index in [9.17, 15) is 13.2 Å². The van der Waals surface area contributed by atoms with Gasteiger partial charge in [-0.15, -0.1) is 0 Å². The minimum Gasteiger partial charge on any atom is -0.473 e. The van der Waals surface area contributed by atoms with Gasteiger partial charge in [0.05, 0.1) is 4.90 Å². The summed E-state index contributed by atoms with van der Waals surface area (Å²) in [4.78, 5) is 14.2. The van der Waals surface area contributed by atoms with Crippen LogP contribution in [0.15, 0.2) is 53.4 Å². The minimum absolute atomic E-state index is 0.0608. The first-order valence-electron chi connectivity index (χ1n) is 9.16. The number of aryl methyl sites for hydroxylation is 2. The van der Waals surface area contributed by atoms with Crippen LogP contribution in [-0.4, -0.2) is 56.6 Å². The molecule has 28 heavy (non-hydrogen) atoms. The molecule has 0 radical (unpaired) electrons. The highest BCUT2D eigenvalue weighted by molar-refractivity contribution is 7.89. The van der Waals surface area contributed by atoms with Crippen molar-refractivity contribution in [2.45, 2.75) is 18.7 Å². The molecule has 1 fully saturated rings. The van der Waals surface area contributed by atoms with Gasteiger partial charge in [-0.3, -0.25) is 0 Å². The molecule has 0 aromatic heterocycles. The summed E-state index contributed by atoms with van der Waals surface area (Å²) in [7, 11) is -3.52. The van der Waals surface area contributed by atoms with Gasteiger partial charge in [0.1, 0.15) is 5.75 Å². The monoisotopic (exact) mass is 403 g/mol. The van der Waals surface area contributed by atoms with Gasteiger partial charge in [-0.2, -0.15) is 4.31 Å². The van der Waals surface area contributed by atoms with Gasteiger partial charge in [0.15, 0.2) is 6.73 Å². The summed E-state index contributed by atoms with van der Waals surface area (Å²) < 4.78 is 32.3. The maximum absolute atomic E-state index is 12.6. The number of benzene rings is 2. The average molecular weight is 404 g/mol. The number of rotatable bonds is 5. The van der Waals surface area contributed by atoms with Crippen molar-refractivity contribution in [2.75, 3.05) is 32.9 Å². The number of amides is 2. The largest absolute Gasteiger partial charge is 0.473 e. The van der Waals surface area contributed by atoms with Gasteiger partial charge in [0.2, 0.25) is 10.0 Å². The molecule has 1 heterocycles. The first kappa shape index (κ1) is 20.2. The number of piperazine rings is 1. The lowest BCUT2D eigenvalue weighted by Crippen LogP contribution is -2.53. The van der Waals surface area contributed by atoms with Crippen molar-refractivity contribution in [3.8, 4) is 5.75 Å². The highest BCUT2D eigenvalue weighted by atomic mass is 32.2. The molecule has 150 valence electrons. The maximum Gasteiger partial charge on any atom is 0.320 e. The molecule has 2 amide bonds. The average Bonchev–Trinajstić information content (AvgIpc) is 2.70. The molecular formula is C20H25N3O4S. The Hall–Kier alpha value is -2.58. The predicted octanol–water partition coefficient (Wildman–Crippen LogP) is 2.36. The Balaban J connectivity index is 1.48.